The molecule has 2 N–H and O–H groups in total. The van der Waals surface area contributed by atoms with Gasteiger partial charge in [-0.1, -0.05) is 63.4 Å². The van der Waals surface area contributed by atoms with Crippen LogP contribution in [0.4, 0.5) is 16.3 Å². The van der Waals surface area contributed by atoms with Gasteiger partial charge in [0.25, 0.3) is 0 Å². The minimum Gasteiger partial charge on any atom is -0.315 e. The Bertz CT molecular complexity index is 990. The third kappa shape index (κ3) is 7.37. The molecule has 2 rings (SSSR count). The number of nitrogens with one attached hydrogen (secondary N) is 2. The number of nitrogens with zero attached hydrogens (tertiary/aromatic N) is 3. The quantitative estimate of drug-likeness (QED) is 0.458. The van der Waals surface area contributed by atoms with Crippen LogP contribution in [-0.4, -0.2) is 39.7 Å². The maximum Gasteiger partial charge on any atom is 0.322 e. The molecule has 0 bridgehead atoms. The highest BCUT2D eigenvalue weighted by Crippen LogP contribution is 2.30. The molecule has 0 saturated carbocycles. The molecular weight excluding hydrogens is 461 g/mol. The first-order valence-corrected chi connectivity index (χ1v) is 11.9. The number of carbonyl (C=O) groups is 2. The number of rotatable bonds is 7. The summed E-state index contributed by atoms with van der Waals surface area (Å²) in [5.41, 5.74) is 0.786. The number of anilines is 2. The summed E-state index contributed by atoms with van der Waals surface area (Å²) in [7, 11) is 0. The molecule has 0 aliphatic heterocycles. The van der Waals surface area contributed by atoms with E-state index in [1.54, 1.807) is 18.2 Å². The number of hydrogen-bond acceptors (Lipinski definition) is 3. The average Bonchev–Trinajstić information content (AvgIpc) is 3.13. The Balaban J connectivity index is 2.21. The van der Waals surface area contributed by atoms with Gasteiger partial charge in [-0.05, 0) is 39.3 Å². The van der Waals surface area contributed by atoms with Crippen LogP contribution in [0.1, 0.15) is 67.0 Å². The molecule has 0 saturated heterocycles. The molecule has 0 spiro atoms. The Labute approximate surface area is 206 Å². The van der Waals surface area contributed by atoms with Gasteiger partial charge in [-0.25, -0.2) is 9.48 Å². The van der Waals surface area contributed by atoms with Crippen LogP contribution in [0.15, 0.2) is 24.3 Å². The summed E-state index contributed by atoms with van der Waals surface area (Å²) in [5.74, 6) is 0.301. The summed E-state index contributed by atoms with van der Waals surface area (Å²) in [6, 6.07) is 6.49. The summed E-state index contributed by atoms with van der Waals surface area (Å²) < 4.78 is 1.81. The maximum absolute atomic E-state index is 13.0. The van der Waals surface area contributed by atoms with Gasteiger partial charge in [0.1, 0.15) is 12.4 Å². The number of benzene rings is 1. The first kappa shape index (κ1) is 27.0. The molecule has 1 heterocycles. The highest BCUT2D eigenvalue weighted by Gasteiger charge is 2.26. The van der Waals surface area contributed by atoms with Gasteiger partial charge >= 0.3 is 6.03 Å². The van der Waals surface area contributed by atoms with Crippen LogP contribution in [0.3, 0.4) is 0 Å². The second-order valence-electron chi connectivity index (χ2n) is 10.1. The molecule has 7 nitrogen and oxygen atoms in total. The molecular formula is C24H35Cl2N5O2. The highest BCUT2D eigenvalue weighted by molar-refractivity contribution is 6.43. The van der Waals surface area contributed by atoms with E-state index in [1.165, 1.54) is 4.90 Å². The van der Waals surface area contributed by atoms with Crippen molar-refractivity contribution in [2.45, 2.75) is 72.3 Å². The average molecular weight is 496 g/mol. The van der Waals surface area contributed by atoms with Crippen LogP contribution < -0.4 is 10.6 Å². The van der Waals surface area contributed by atoms with Crippen LogP contribution >= 0.6 is 23.2 Å². The first-order valence-electron chi connectivity index (χ1n) is 11.1. The van der Waals surface area contributed by atoms with Crippen molar-refractivity contribution < 1.29 is 9.59 Å². The van der Waals surface area contributed by atoms with Gasteiger partial charge in [0, 0.05) is 18.0 Å². The van der Waals surface area contributed by atoms with Crippen molar-refractivity contribution in [1.82, 2.24) is 14.7 Å². The number of carbonyl (C=O) groups excluding carboxylic acids is 2. The van der Waals surface area contributed by atoms with E-state index in [2.05, 4.69) is 31.4 Å². The molecule has 0 unspecified atom stereocenters. The van der Waals surface area contributed by atoms with E-state index in [0.717, 1.165) is 18.5 Å². The Kier molecular flexibility index (Phi) is 8.82. The summed E-state index contributed by atoms with van der Waals surface area (Å²) in [6.07, 6.45) is 1.65. The van der Waals surface area contributed by atoms with E-state index in [9.17, 15) is 9.59 Å². The topological polar surface area (TPSA) is 79.3 Å². The second-order valence-corrected chi connectivity index (χ2v) is 10.9. The monoisotopic (exact) mass is 495 g/mol. The van der Waals surface area contributed by atoms with Crippen LogP contribution in [-0.2, 0) is 15.7 Å². The van der Waals surface area contributed by atoms with Gasteiger partial charge in [0.15, 0.2) is 0 Å². The SMILES string of the molecule is CCCCN(CC(=O)Nc1cc(C(C)(C)C)nn1C(C)(C)C)C(=O)Nc1cccc(Cl)c1Cl. The molecule has 1 aromatic heterocycles. The third-order valence-corrected chi connectivity index (χ3v) is 5.80. The Morgan fingerprint density at radius 1 is 1.09 bits per heavy atom. The Hall–Kier alpha value is -2.25. The van der Waals surface area contributed by atoms with E-state index in [-0.39, 0.29) is 28.4 Å². The van der Waals surface area contributed by atoms with E-state index < -0.39 is 6.03 Å². The minimum absolute atomic E-state index is 0.107. The summed E-state index contributed by atoms with van der Waals surface area (Å²) in [6.45, 7) is 14.7. The van der Waals surface area contributed by atoms with Gasteiger partial charge < -0.3 is 15.5 Å². The standard InChI is InChI=1S/C24H35Cl2N5O2/c1-8-9-13-30(22(33)27-17-12-10-11-16(25)21(17)26)15-20(32)28-19-14-18(23(2,3)4)29-31(19)24(5,6)7/h10-12,14H,8-9,13,15H2,1-7H3,(H,27,33)(H,28,32). The van der Waals surface area contributed by atoms with Crippen molar-refractivity contribution in [3.05, 3.63) is 40.0 Å². The number of unbranched alkanes of at least 4 members (excludes halogenated alkanes) is 1. The lowest BCUT2D eigenvalue weighted by Gasteiger charge is -2.25. The van der Waals surface area contributed by atoms with Crippen molar-refractivity contribution in [3.8, 4) is 0 Å². The zero-order valence-corrected chi connectivity index (χ0v) is 22.1. The second kappa shape index (κ2) is 10.8. The first-order chi connectivity index (χ1) is 15.2. The summed E-state index contributed by atoms with van der Waals surface area (Å²) in [5, 5.41) is 11.0. The normalized spacial score (nSPS) is 11.9. The fourth-order valence-corrected chi connectivity index (χ4v) is 3.45. The van der Waals surface area contributed by atoms with Crippen molar-refractivity contribution in [2.75, 3.05) is 23.7 Å². The predicted molar refractivity (Wildman–Crippen MR) is 137 cm³/mol. The Morgan fingerprint density at radius 2 is 1.76 bits per heavy atom. The molecule has 0 aliphatic rings. The summed E-state index contributed by atoms with van der Waals surface area (Å²) >= 11 is 12.3. The van der Waals surface area contributed by atoms with Crippen LogP contribution in [0.25, 0.3) is 0 Å². The lowest BCUT2D eigenvalue weighted by atomic mass is 9.92. The number of aromatic nitrogens is 2. The van der Waals surface area contributed by atoms with E-state index in [1.807, 2.05) is 38.4 Å². The molecule has 0 fully saturated rings. The maximum atomic E-state index is 13.0. The van der Waals surface area contributed by atoms with E-state index >= 15 is 0 Å². The Morgan fingerprint density at radius 3 is 2.33 bits per heavy atom. The fraction of sp³-hybridized carbons (Fsp3) is 0.542. The van der Waals surface area contributed by atoms with Gasteiger partial charge in [-0.2, -0.15) is 5.10 Å². The largest absolute Gasteiger partial charge is 0.322 e. The van der Waals surface area contributed by atoms with Gasteiger partial charge in [0.2, 0.25) is 5.91 Å². The fourth-order valence-electron chi connectivity index (χ4n) is 3.10. The molecule has 0 aliphatic carbocycles. The van der Waals surface area contributed by atoms with Crippen molar-refractivity contribution in [1.29, 1.82) is 0 Å². The molecule has 3 amide bonds. The molecule has 2 aromatic rings. The molecule has 33 heavy (non-hydrogen) atoms. The van der Waals surface area contributed by atoms with Gasteiger partial charge in [-0.15, -0.1) is 0 Å². The number of amides is 3. The number of halogens is 2. The molecule has 182 valence electrons. The minimum atomic E-state index is -0.414. The van der Waals surface area contributed by atoms with Crippen molar-refractivity contribution in [3.63, 3.8) is 0 Å². The van der Waals surface area contributed by atoms with Crippen LogP contribution in [0.5, 0.6) is 0 Å². The van der Waals surface area contributed by atoms with Crippen molar-refractivity contribution in [2.24, 2.45) is 0 Å². The molecule has 0 radical (unpaired) electrons. The predicted octanol–water partition coefficient (Wildman–Crippen LogP) is 6.52. The van der Waals surface area contributed by atoms with E-state index in [0.29, 0.717) is 23.1 Å². The zero-order valence-electron chi connectivity index (χ0n) is 20.6. The lowest BCUT2D eigenvalue weighted by Crippen LogP contribution is -2.41. The summed E-state index contributed by atoms with van der Waals surface area (Å²) in [4.78, 5) is 27.4. The molecule has 1 aromatic carbocycles. The lowest BCUT2D eigenvalue weighted by molar-refractivity contribution is -0.116. The highest BCUT2D eigenvalue weighted by atomic mass is 35.5. The number of hydrogen-bond donors (Lipinski definition) is 2. The smallest absolute Gasteiger partial charge is 0.315 e. The molecule has 9 heteroatoms. The zero-order chi connectivity index (χ0) is 25.0. The molecule has 0 atom stereocenters. The van der Waals surface area contributed by atoms with Gasteiger partial charge in [-0.3, -0.25) is 4.79 Å². The number of urea groups is 1. The van der Waals surface area contributed by atoms with Crippen LogP contribution in [0, 0.1) is 0 Å². The third-order valence-electron chi connectivity index (χ3n) is 4.98. The van der Waals surface area contributed by atoms with E-state index in [4.69, 9.17) is 28.3 Å². The van der Waals surface area contributed by atoms with Crippen molar-refractivity contribution >= 4 is 46.6 Å². The van der Waals surface area contributed by atoms with Crippen LogP contribution in [0.2, 0.25) is 10.0 Å². The van der Waals surface area contributed by atoms with Gasteiger partial charge in [0.05, 0.1) is 27.0 Å².